The molecule has 2 bridgehead atoms. The first kappa shape index (κ1) is 14.4. The maximum Gasteiger partial charge on any atom is 0.328 e. The number of fused-ring (bicyclic) bond motifs is 2. The number of rotatable bonds is 3. The fourth-order valence-corrected chi connectivity index (χ4v) is 4.61. The summed E-state index contributed by atoms with van der Waals surface area (Å²) in [7, 11) is 1.32. The average molecular weight is 295 g/mol. The predicted octanol–water partition coefficient (Wildman–Crippen LogP) is 0.897. The van der Waals surface area contributed by atoms with Crippen LogP contribution in [-0.2, 0) is 19.1 Å². The fourth-order valence-electron chi connectivity index (χ4n) is 4.61. The zero-order valence-electron chi connectivity index (χ0n) is 12.2. The molecule has 2 aliphatic carbocycles. The number of amides is 1. The van der Waals surface area contributed by atoms with E-state index in [1.165, 1.54) is 7.11 Å². The summed E-state index contributed by atoms with van der Waals surface area (Å²) in [5.41, 5.74) is 0. The van der Waals surface area contributed by atoms with Gasteiger partial charge in [-0.15, -0.1) is 0 Å². The smallest absolute Gasteiger partial charge is 0.328 e. The van der Waals surface area contributed by atoms with Gasteiger partial charge in [0.25, 0.3) is 0 Å². The minimum absolute atomic E-state index is 0.126. The van der Waals surface area contributed by atoms with Gasteiger partial charge in [-0.1, -0.05) is 0 Å². The van der Waals surface area contributed by atoms with Gasteiger partial charge in [0.05, 0.1) is 18.9 Å². The van der Waals surface area contributed by atoms with Crippen molar-refractivity contribution in [2.24, 2.45) is 23.7 Å². The van der Waals surface area contributed by atoms with Crippen LogP contribution in [0.3, 0.4) is 0 Å². The van der Waals surface area contributed by atoms with E-state index in [1.807, 2.05) is 0 Å². The van der Waals surface area contributed by atoms with Crippen molar-refractivity contribution in [2.75, 3.05) is 13.7 Å². The molecule has 0 aromatic carbocycles. The van der Waals surface area contributed by atoms with Crippen LogP contribution in [0.1, 0.15) is 32.1 Å². The fraction of sp³-hybridized carbons (Fsp3) is 0.800. The lowest BCUT2D eigenvalue weighted by Crippen LogP contribution is -2.48. The van der Waals surface area contributed by atoms with Crippen LogP contribution >= 0.6 is 0 Å². The standard InChI is InChI=1S/C15H21NO5/c1-21-15(20)10-3-2-6-16(10)13(17)11-8-4-5-9(7-8)12(11)14(18)19/h8-12H,2-7H2,1H3,(H,18,19)/t8-,9+,10-,11+,12-/m0/s1. The molecular weight excluding hydrogens is 274 g/mol. The molecule has 116 valence electrons. The van der Waals surface area contributed by atoms with Crippen molar-refractivity contribution in [3.05, 3.63) is 0 Å². The van der Waals surface area contributed by atoms with E-state index in [4.69, 9.17) is 4.74 Å². The Balaban J connectivity index is 1.81. The van der Waals surface area contributed by atoms with Crippen LogP contribution in [0.5, 0.6) is 0 Å². The minimum atomic E-state index is -0.866. The third kappa shape index (κ3) is 2.21. The van der Waals surface area contributed by atoms with Gasteiger partial charge in [-0.3, -0.25) is 9.59 Å². The number of nitrogens with zero attached hydrogens (tertiary/aromatic N) is 1. The van der Waals surface area contributed by atoms with Crippen molar-refractivity contribution in [3.63, 3.8) is 0 Å². The molecule has 0 aromatic heterocycles. The lowest BCUT2D eigenvalue weighted by atomic mass is 9.78. The Hall–Kier alpha value is -1.59. The highest BCUT2D eigenvalue weighted by Gasteiger charge is 2.56. The third-order valence-electron chi connectivity index (χ3n) is 5.50. The van der Waals surface area contributed by atoms with E-state index < -0.39 is 29.8 Å². The number of esters is 1. The summed E-state index contributed by atoms with van der Waals surface area (Å²) >= 11 is 0. The molecule has 3 aliphatic rings. The first-order valence-electron chi connectivity index (χ1n) is 7.65. The van der Waals surface area contributed by atoms with E-state index in [0.717, 1.165) is 25.7 Å². The molecule has 3 fully saturated rings. The second-order valence-corrected chi connectivity index (χ2v) is 6.44. The Morgan fingerprint density at radius 3 is 2.38 bits per heavy atom. The van der Waals surface area contributed by atoms with E-state index in [2.05, 4.69) is 0 Å². The first-order chi connectivity index (χ1) is 10.0. The number of carboxylic acid groups (broad SMARTS) is 1. The van der Waals surface area contributed by atoms with Crippen LogP contribution in [0.2, 0.25) is 0 Å². The van der Waals surface area contributed by atoms with Gasteiger partial charge in [0, 0.05) is 6.54 Å². The Morgan fingerprint density at radius 1 is 1.10 bits per heavy atom. The largest absolute Gasteiger partial charge is 0.481 e. The van der Waals surface area contributed by atoms with Crippen LogP contribution in [0.15, 0.2) is 0 Å². The van der Waals surface area contributed by atoms with Crippen molar-refractivity contribution in [3.8, 4) is 0 Å². The van der Waals surface area contributed by atoms with Crippen molar-refractivity contribution >= 4 is 17.8 Å². The minimum Gasteiger partial charge on any atom is -0.481 e. The van der Waals surface area contributed by atoms with Crippen LogP contribution in [-0.4, -0.2) is 47.5 Å². The molecule has 0 radical (unpaired) electrons. The van der Waals surface area contributed by atoms with Crippen LogP contribution in [0.25, 0.3) is 0 Å². The second kappa shape index (κ2) is 5.31. The number of hydrogen-bond acceptors (Lipinski definition) is 4. The summed E-state index contributed by atoms with van der Waals surface area (Å²) in [5, 5.41) is 9.46. The van der Waals surface area contributed by atoms with E-state index >= 15 is 0 Å². The lowest BCUT2D eigenvalue weighted by Gasteiger charge is -2.32. The molecule has 6 heteroatoms. The van der Waals surface area contributed by atoms with Crippen LogP contribution in [0, 0.1) is 23.7 Å². The molecule has 3 rings (SSSR count). The van der Waals surface area contributed by atoms with E-state index in [1.54, 1.807) is 4.90 Å². The van der Waals surface area contributed by atoms with Crippen molar-refractivity contribution in [2.45, 2.75) is 38.1 Å². The molecule has 2 saturated carbocycles. The number of ether oxygens (including phenoxy) is 1. The lowest BCUT2D eigenvalue weighted by molar-refractivity contribution is -0.157. The molecule has 1 heterocycles. The topological polar surface area (TPSA) is 83.9 Å². The zero-order chi connectivity index (χ0) is 15.1. The van der Waals surface area contributed by atoms with Gasteiger partial charge < -0.3 is 14.7 Å². The highest BCUT2D eigenvalue weighted by molar-refractivity contribution is 5.90. The number of carboxylic acids is 1. The molecular formula is C15H21NO5. The monoisotopic (exact) mass is 295 g/mol. The molecule has 1 amide bonds. The van der Waals surface area contributed by atoms with Gasteiger partial charge in [0.1, 0.15) is 6.04 Å². The summed E-state index contributed by atoms with van der Waals surface area (Å²) in [6.45, 7) is 0.527. The zero-order valence-corrected chi connectivity index (χ0v) is 12.2. The van der Waals surface area contributed by atoms with Gasteiger partial charge >= 0.3 is 11.9 Å². The number of methoxy groups -OCH3 is 1. The summed E-state index contributed by atoms with van der Waals surface area (Å²) in [5.74, 6) is -2.14. The number of aliphatic carboxylic acids is 1. The number of hydrogen-bond donors (Lipinski definition) is 1. The van der Waals surface area contributed by atoms with Gasteiger partial charge in [-0.25, -0.2) is 4.79 Å². The maximum absolute atomic E-state index is 12.8. The predicted molar refractivity (Wildman–Crippen MR) is 72.2 cm³/mol. The quantitative estimate of drug-likeness (QED) is 0.782. The van der Waals surface area contributed by atoms with E-state index in [9.17, 15) is 19.5 Å². The third-order valence-corrected chi connectivity index (χ3v) is 5.50. The van der Waals surface area contributed by atoms with Crippen LogP contribution < -0.4 is 0 Å². The summed E-state index contributed by atoms with van der Waals surface area (Å²) in [4.78, 5) is 37.7. The van der Waals surface area contributed by atoms with Gasteiger partial charge in [-0.05, 0) is 43.9 Å². The molecule has 0 spiro atoms. The Kier molecular flexibility index (Phi) is 3.63. The molecule has 1 aliphatic heterocycles. The van der Waals surface area contributed by atoms with E-state index in [-0.39, 0.29) is 17.7 Å². The molecule has 5 atom stereocenters. The maximum atomic E-state index is 12.8. The number of carbonyl (C=O) groups excluding carboxylic acids is 2. The Bertz CT molecular complexity index is 477. The van der Waals surface area contributed by atoms with Crippen molar-refractivity contribution in [1.82, 2.24) is 4.90 Å². The highest BCUT2D eigenvalue weighted by Crippen LogP contribution is 2.53. The summed E-state index contributed by atoms with van der Waals surface area (Å²) in [6, 6.07) is -0.531. The SMILES string of the molecule is COC(=O)[C@@H]1CCCN1C(=O)[C@@H]1[C@H]2CC[C@H](C2)[C@@H]1C(=O)O. The highest BCUT2D eigenvalue weighted by atomic mass is 16.5. The molecule has 1 saturated heterocycles. The number of likely N-dealkylation sites (tertiary alicyclic amines) is 1. The van der Waals surface area contributed by atoms with E-state index in [0.29, 0.717) is 13.0 Å². The van der Waals surface area contributed by atoms with Gasteiger partial charge in [0.2, 0.25) is 5.91 Å². The second-order valence-electron chi connectivity index (χ2n) is 6.44. The molecule has 0 unspecified atom stereocenters. The molecule has 1 N–H and O–H groups in total. The molecule has 21 heavy (non-hydrogen) atoms. The molecule has 6 nitrogen and oxygen atoms in total. The normalized spacial score (nSPS) is 37.8. The summed E-state index contributed by atoms with van der Waals surface area (Å²) in [6.07, 6.45) is 4.05. The van der Waals surface area contributed by atoms with Crippen LogP contribution in [0.4, 0.5) is 0 Å². The average Bonchev–Trinajstić information content (AvgIpc) is 3.18. The summed E-state index contributed by atoms with van der Waals surface area (Å²) < 4.78 is 4.76. The van der Waals surface area contributed by atoms with Crippen molar-refractivity contribution < 1.29 is 24.2 Å². The van der Waals surface area contributed by atoms with Gasteiger partial charge in [-0.2, -0.15) is 0 Å². The van der Waals surface area contributed by atoms with Gasteiger partial charge in [0.15, 0.2) is 0 Å². The first-order valence-corrected chi connectivity index (χ1v) is 7.65. The number of carbonyl (C=O) groups is 3. The van der Waals surface area contributed by atoms with Crippen molar-refractivity contribution in [1.29, 1.82) is 0 Å². The molecule has 0 aromatic rings. The Labute approximate surface area is 123 Å². The Morgan fingerprint density at radius 2 is 1.76 bits per heavy atom.